The van der Waals surface area contributed by atoms with Crippen molar-refractivity contribution >= 4 is 21.7 Å². The fourth-order valence-electron chi connectivity index (χ4n) is 2.20. The monoisotopic (exact) mass is 344 g/mol. The zero-order valence-corrected chi connectivity index (χ0v) is 14.2. The Bertz CT molecular complexity index is 740. The maximum Gasteiger partial charge on any atom is 0.303 e. The SMILES string of the molecule is Cc1cc(C)c(S(=O)(=O)NC(C)(C)CCC(=O)O)cc1[N+](=O)[O-]. The molecule has 0 saturated heterocycles. The molecule has 0 aliphatic heterocycles. The number of nitrogens with one attached hydrogen (secondary N) is 1. The average Bonchev–Trinajstić information content (AvgIpc) is 2.34. The van der Waals surface area contributed by atoms with Crippen molar-refractivity contribution in [1.82, 2.24) is 4.72 Å². The van der Waals surface area contributed by atoms with E-state index in [9.17, 15) is 23.3 Å². The number of carbonyl (C=O) groups is 1. The largest absolute Gasteiger partial charge is 0.481 e. The van der Waals surface area contributed by atoms with Crippen LogP contribution in [0.25, 0.3) is 0 Å². The standard InChI is InChI=1S/C14H20N2O6S/c1-9-7-10(2)12(8-11(9)16(19)20)23(21,22)15-14(3,4)6-5-13(17)18/h7-8,15H,5-6H2,1-4H3,(H,17,18). The summed E-state index contributed by atoms with van der Waals surface area (Å²) in [6.45, 7) is 6.21. The van der Waals surface area contributed by atoms with Crippen LogP contribution in [-0.2, 0) is 14.8 Å². The maximum absolute atomic E-state index is 12.5. The van der Waals surface area contributed by atoms with E-state index >= 15 is 0 Å². The minimum Gasteiger partial charge on any atom is -0.481 e. The number of hydrogen-bond acceptors (Lipinski definition) is 5. The van der Waals surface area contributed by atoms with E-state index in [-0.39, 0.29) is 23.4 Å². The minimum absolute atomic E-state index is 0.0918. The number of benzene rings is 1. The summed E-state index contributed by atoms with van der Waals surface area (Å²) < 4.78 is 27.5. The van der Waals surface area contributed by atoms with Crippen LogP contribution in [0, 0.1) is 24.0 Å². The van der Waals surface area contributed by atoms with E-state index in [2.05, 4.69) is 4.72 Å². The first-order valence-corrected chi connectivity index (χ1v) is 8.35. The number of aliphatic carboxylic acids is 1. The molecular formula is C14H20N2O6S. The molecule has 0 aromatic heterocycles. The number of carboxylic acid groups (broad SMARTS) is 1. The first-order chi connectivity index (χ1) is 10.4. The first kappa shape index (κ1) is 19.0. The summed E-state index contributed by atoms with van der Waals surface area (Å²) in [7, 11) is -4.02. The zero-order chi connectivity index (χ0) is 18.0. The molecular weight excluding hydrogens is 324 g/mol. The summed E-state index contributed by atoms with van der Waals surface area (Å²) in [6.07, 6.45) is -0.100. The van der Waals surface area contributed by atoms with Gasteiger partial charge in [-0.15, -0.1) is 0 Å². The molecule has 128 valence electrons. The van der Waals surface area contributed by atoms with Crippen molar-refractivity contribution in [3.63, 3.8) is 0 Å². The number of nitrogens with zero attached hydrogens (tertiary/aromatic N) is 1. The van der Waals surface area contributed by atoms with Crippen LogP contribution in [0.3, 0.4) is 0 Å². The van der Waals surface area contributed by atoms with Crippen molar-refractivity contribution in [3.05, 3.63) is 33.4 Å². The topological polar surface area (TPSA) is 127 Å². The quantitative estimate of drug-likeness (QED) is 0.576. The molecule has 0 radical (unpaired) electrons. The summed E-state index contributed by atoms with van der Waals surface area (Å²) >= 11 is 0. The highest BCUT2D eigenvalue weighted by atomic mass is 32.2. The lowest BCUT2D eigenvalue weighted by Crippen LogP contribution is -2.43. The van der Waals surface area contributed by atoms with Crippen molar-refractivity contribution in [1.29, 1.82) is 0 Å². The molecule has 0 heterocycles. The predicted molar refractivity (Wildman–Crippen MR) is 83.8 cm³/mol. The van der Waals surface area contributed by atoms with Gasteiger partial charge in [-0.25, -0.2) is 13.1 Å². The smallest absolute Gasteiger partial charge is 0.303 e. The average molecular weight is 344 g/mol. The molecule has 0 aliphatic rings. The van der Waals surface area contributed by atoms with Crippen molar-refractivity contribution in [3.8, 4) is 0 Å². The van der Waals surface area contributed by atoms with Gasteiger partial charge >= 0.3 is 5.97 Å². The minimum atomic E-state index is -4.02. The number of sulfonamides is 1. The molecule has 9 heteroatoms. The van der Waals surface area contributed by atoms with Crippen molar-refractivity contribution in [2.45, 2.75) is 51.0 Å². The third-order valence-electron chi connectivity index (χ3n) is 3.35. The molecule has 0 aliphatic carbocycles. The van der Waals surface area contributed by atoms with Crippen LogP contribution >= 0.6 is 0 Å². The van der Waals surface area contributed by atoms with E-state index in [1.165, 1.54) is 13.0 Å². The lowest BCUT2D eigenvalue weighted by atomic mass is 10.0. The molecule has 0 spiro atoms. The number of rotatable bonds is 7. The number of nitro benzene ring substituents is 1. The Balaban J connectivity index is 3.21. The first-order valence-electron chi connectivity index (χ1n) is 6.87. The molecule has 0 atom stereocenters. The van der Waals surface area contributed by atoms with Crippen LogP contribution in [0.1, 0.15) is 37.8 Å². The molecule has 0 saturated carbocycles. The highest BCUT2D eigenvalue weighted by molar-refractivity contribution is 7.89. The van der Waals surface area contributed by atoms with Crippen LogP contribution in [0.2, 0.25) is 0 Å². The molecule has 0 amide bonds. The number of carboxylic acids is 1. The third-order valence-corrected chi connectivity index (χ3v) is 5.19. The Morgan fingerprint density at radius 2 is 1.87 bits per heavy atom. The van der Waals surface area contributed by atoms with E-state index in [4.69, 9.17) is 5.11 Å². The van der Waals surface area contributed by atoms with Crippen LogP contribution in [-0.4, -0.2) is 30.0 Å². The lowest BCUT2D eigenvalue weighted by Gasteiger charge is -2.25. The van der Waals surface area contributed by atoms with Gasteiger partial charge in [-0.3, -0.25) is 14.9 Å². The van der Waals surface area contributed by atoms with Gasteiger partial charge in [0.15, 0.2) is 0 Å². The van der Waals surface area contributed by atoms with Crippen molar-refractivity contribution < 1.29 is 23.2 Å². The maximum atomic E-state index is 12.5. The fourth-order valence-corrected chi connectivity index (χ4v) is 3.89. The van der Waals surface area contributed by atoms with Gasteiger partial charge in [0.05, 0.1) is 9.82 Å². The Labute approximate surface area is 134 Å². The Morgan fingerprint density at radius 1 is 1.30 bits per heavy atom. The van der Waals surface area contributed by atoms with Gasteiger partial charge in [0.25, 0.3) is 5.69 Å². The lowest BCUT2D eigenvalue weighted by molar-refractivity contribution is -0.385. The molecule has 2 N–H and O–H groups in total. The summed E-state index contributed by atoms with van der Waals surface area (Å²) in [5.74, 6) is -1.03. The molecule has 1 aromatic carbocycles. The summed E-state index contributed by atoms with van der Waals surface area (Å²) in [5.41, 5.74) is -0.519. The van der Waals surface area contributed by atoms with Crippen LogP contribution in [0.15, 0.2) is 17.0 Å². The summed E-state index contributed by atoms with van der Waals surface area (Å²) in [5, 5.41) is 19.7. The van der Waals surface area contributed by atoms with Gasteiger partial charge in [0.2, 0.25) is 10.0 Å². The highest BCUT2D eigenvalue weighted by Gasteiger charge is 2.29. The third kappa shape index (κ3) is 5.00. The molecule has 23 heavy (non-hydrogen) atoms. The summed E-state index contributed by atoms with van der Waals surface area (Å²) in [6, 6.07) is 2.47. The van der Waals surface area contributed by atoms with Gasteiger partial charge in [-0.1, -0.05) is 0 Å². The van der Waals surface area contributed by atoms with E-state index in [0.717, 1.165) is 6.07 Å². The normalized spacial score (nSPS) is 12.2. The van der Waals surface area contributed by atoms with Crippen LogP contribution in [0.5, 0.6) is 0 Å². The highest BCUT2D eigenvalue weighted by Crippen LogP contribution is 2.27. The second-order valence-corrected chi connectivity index (χ2v) is 7.70. The van der Waals surface area contributed by atoms with E-state index in [1.54, 1.807) is 20.8 Å². The van der Waals surface area contributed by atoms with E-state index in [1.807, 2.05) is 0 Å². The second-order valence-electron chi connectivity index (χ2n) is 6.04. The van der Waals surface area contributed by atoms with Crippen molar-refractivity contribution in [2.75, 3.05) is 0 Å². The molecule has 0 bridgehead atoms. The van der Waals surface area contributed by atoms with Gasteiger partial charge < -0.3 is 5.11 Å². The summed E-state index contributed by atoms with van der Waals surface area (Å²) in [4.78, 5) is 20.8. The number of hydrogen-bond donors (Lipinski definition) is 2. The molecule has 0 unspecified atom stereocenters. The molecule has 0 fully saturated rings. The van der Waals surface area contributed by atoms with Gasteiger partial charge in [0, 0.05) is 23.6 Å². The molecule has 1 rings (SSSR count). The second kappa shape index (κ2) is 6.63. The van der Waals surface area contributed by atoms with E-state index in [0.29, 0.717) is 11.1 Å². The predicted octanol–water partition coefficient (Wildman–Crippen LogP) is 2.13. The van der Waals surface area contributed by atoms with Crippen LogP contribution in [0.4, 0.5) is 5.69 Å². The fraction of sp³-hybridized carbons (Fsp3) is 0.500. The number of aryl methyl sites for hydroxylation is 2. The Hall–Kier alpha value is -2.00. The van der Waals surface area contributed by atoms with Gasteiger partial charge in [-0.05, 0) is 45.7 Å². The Morgan fingerprint density at radius 3 is 2.35 bits per heavy atom. The molecule has 1 aromatic rings. The van der Waals surface area contributed by atoms with E-state index < -0.39 is 26.5 Å². The Kier molecular flexibility index (Phi) is 5.49. The van der Waals surface area contributed by atoms with Crippen LogP contribution < -0.4 is 4.72 Å². The zero-order valence-electron chi connectivity index (χ0n) is 13.4. The molecule has 8 nitrogen and oxygen atoms in total. The van der Waals surface area contributed by atoms with Gasteiger partial charge in [0.1, 0.15) is 0 Å². The number of nitro groups is 1. The van der Waals surface area contributed by atoms with Gasteiger partial charge in [-0.2, -0.15) is 0 Å². The van der Waals surface area contributed by atoms with Crippen molar-refractivity contribution in [2.24, 2.45) is 0 Å².